The van der Waals surface area contributed by atoms with Crippen molar-refractivity contribution >= 4 is 11.4 Å². The number of rotatable bonds is 6. The summed E-state index contributed by atoms with van der Waals surface area (Å²) in [6.45, 7) is 0.919. The Balaban J connectivity index is 2.20. The van der Waals surface area contributed by atoms with E-state index in [2.05, 4.69) is 69.4 Å². The molecule has 4 heteroatoms. The SMILES string of the molecule is CNCCC(NC)(NC)N1c2ccccc2CCc2ccccc21. The van der Waals surface area contributed by atoms with Gasteiger partial charge in [-0.05, 0) is 63.8 Å². The van der Waals surface area contributed by atoms with Gasteiger partial charge in [0, 0.05) is 17.8 Å². The molecule has 128 valence electrons. The first-order valence-corrected chi connectivity index (χ1v) is 8.74. The van der Waals surface area contributed by atoms with Gasteiger partial charge < -0.3 is 10.2 Å². The molecule has 3 N–H and O–H groups in total. The first kappa shape index (κ1) is 17.0. The minimum Gasteiger partial charge on any atom is -0.320 e. The van der Waals surface area contributed by atoms with Crippen molar-refractivity contribution < 1.29 is 0 Å². The summed E-state index contributed by atoms with van der Waals surface area (Å²) in [7, 11) is 6.06. The Morgan fingerprint density at radius 3 is 1.79 bits per heavy atom. The van der Waals surface area contributed by atoms with E-state index < -0.39 is 0 Å². The number of hydrogen-bond acceptors (Lipinski definition) is 4. The molecule has 4 nitrogen and oxygen atoms in total. The van der Waals surface area contributed by atoms with E-state index in [0.717, 1.165) is 25.8 Å². The van der Waals surface area contributed by atoms with Crippen LogP contribution in [0.1, 0.15) is 17.5 Å². The van der Waals surface area contributed by atoms with Crippen LogP contribution in [-0.2, 0) is 12.8 Å². The van der Waals surface area contributed by atoms with Gasteiger partial charge in [0.2, 0.25) is 0 Å². The Morgan fingerprint density at radius 1 is 0.833 bits per heavy atom. The van der Waals surface area contributed by atoms with E-state index >= 15 is 0 Å². The Kier molecular flexibility index (Phi) is 5.19. The molecule has 1 aliphatic rings. The van der Waals surface area contributed by atoms with Gasteiger partial charge in [0.1, 0.15) is 0 Å². The Labute approximate surface area is 145 Å². The third-order valence-corrected chi connectivity index (χ3v) is 5.07. The van der Waals surface area contributed by atoms with E-state index in [1.54, 1.807) is 0 Å². The molecule has 0 spiro atoms. The average molecular weight is 324 g/mol. The normalized spacial score (nSPS) is 14.0. The maximum Gasteiger partial charge on any atom is 0.151 e. The van der Waals surface area contributed by atoms with E-state index in [-0.39, 0.29) is 5.79 Å². The van der Waals surface area contributed by atoms with Gasteiger partial charge in [-0.15, -0.1) is 0 Å². The van der Waals surface area contributed by atoms with E-state index in [9.17, 15) is 0 Å². The molecule has 2 aromatic carbocycles. The van der Waals surface area contributed by atoms with Gasteiger partial charge in [0.05, 0.1) is 0 Å². The van der Waals surface area contributed by atoms with E-state index in [1.165, 1.54) is 22.5 Å². The zero-order valence-electron chi connectivity index (χ0n) is 14.9. The van der Waals surface area contributed by atoms with Gasteiger partial charge in [0.15, 0.2) is 5.79 Å². The second-order valence-electron chi connectivity index (χ2n) is 6.31. The van der Waals surface area contributed by atoms with Crippen LogP contribution in [-0.4, -0.2) is 33.5 Å². The molecule has 0 unspecified atom stereocenters. The van der Waals surface area contributed by atoms with Crippen LogP contribution in [0, 0.1) is 0 Å². The van der Waals surface area contributed by atoms with Crippen molar-refractivity contribution in [2.24, 2.45) is 0 Å². The lowest BCUT2D eigenvalue weighted by molar-refractivity contribution is 0.278. The van der Waals surface area contributed by atoms with Crippen molar-refractivity contribution in [1.82, 2.24) is 16.0 Å². The van der Waals surface area contributed by atoms with E-state index in [0.29, 0.717) is 0 Å². The molecule has 0 aromatic heterocycles. The molecule has 0 saturated heterocycles. The van der Waals surface area contributed by atoms with Crippen molar-refractivity contribution in [2.75, 3.05) is 32.6 Å². The standard InChI is InChI=1S/C20H28N4/c1-21-15-14-20(22-2,23-3)24-18-10-6-4-8-16(18)12-13-17-9-5-7-11-19(17)24/h4-11,21-23H,12-15H2,1-3H3. The van der Waals surface area contributed by atoms with Crippen LogP contribution in [0.5, 0.6) is 0 Å². The largest absolute Gasteiger partial charge is 0.320 e. The quantitative estimate of drug-likeness (QED) is 0.715. The highest BCUT2D eigenvalue weighted by molar-refractivity contribution is 5.72. The van der Waals surface area contributed by atoms with Crippen LogP contribution in [0.2, 0.25) is 0 Å². The number of fused-ring (bicyclic) bond motifs is 2. The molecular formula is C20H28N4. The lowest BCUT2D eigenvalue weighted by Crippen LogP contribution is -2.65. The summed E-state index contributed by atoms with van der Waals surface area (Å²) in [6, 6.07) is 17.5. The smallest absolute Gasteiger partial charge is 0.151 e. The van der Waals surface area contributed by atoms with Crippen molar-refractivity contribution in [3.8, 4) is 0 Å². The molecular weight excluding hydrogens is 296 g/mol. The number of para-hydroxylation sites is 2. The fourth-order valence-electron chi connectivity index (χ4n) is 3.71. The highest BCUT2D eigenvalue weighted by atomic mass is 15.4. The van der Waals surface area contributed by atoms with Crippen LogP contribution >= 0.6 is 0 Å². The van der Waals surface area contributed by atoms with Gasteiger partial charge in [-0.2, -0.15) is 0 Å². The fraction of sp³-hybridized carbons (Fsp3) is 0.400. The summed E-state index contributed by atoms with van der Waals surface area (Å²) < 4.78 is 0. The Bertz CT molecular complexity index is 631. The van der Waals surface area contributed by atoms with Crippen molar-refractivity contribution in [1.29, 1.82) is 0 Å². The molecule has 3 rings (SSSR count). The fourth-order valence-corrected chi connectivity index (χ4v) is 3.71. The van der Waals surface area contributed by atoms with E-state index in [1.807, 2.05) is 21.1 Å². The Morgan fingerprint density at radius 2 is 1.33 bits per heavy atom. The van der Waals surface area contributed by atoms with Gasteiger partial charge in [-0.1, -0.05) is 36.4 Å². The summed E-state index contributed by atoms with van der Waals surface area (Å²) in [6.07, 6.45) is 3.07. The monoisotopic (exact) mass is 324 g/mol. The summed E-state index contributed by atoms with van der Waals surface area (Å²) in [5, 5.41) is 10.4. The predicted molar refractivity (Wildman–Crippen MR) is 102 cm³/mol. The van der Waals surface area contributed by atoms with Gasteiger partial charge in [0.25, 0.3) is 0 Å². The number of benzene rings is 2. The third-order valence-electron chi connectivity index (χ3n) is 5.07. The summed E-state index contributed by atoms with van der Waals surface area (Å²) in [4.78, 5) is 2.45. The van der Waals surface area contributed by atoms with Crippen molar-refractivity contribution in [3.63, 3.8) is 0 Å². The average Bonchev–Trinajstić information content (AvgIpc) is 2.81. The molecule has 24 heavy (non-hydrogen) atoms. The maximum absolute atomic E-state index is 3.55. The maximum atomic E-state index is 3.55. The van der Waals surface area contributed by atoms with Crippen LogP contribution in [0.15, 0.2) is 48.5 Å². The number of nitrogens with one attached hydrogen (secondary N) is 3. The topological polar surface area (TPSA) is 39.3 Å². The second kappa shape index (κ2) is 7.34. The molecule has 2 aromatic rings. The molecule has 0 radical (unpaired) electrons. The van der Waals surface area contributed by atoms with Gasteiger partial charge in [-0.3, -0.25) is 10.6 Å². The minimum absolute atomic E-state index is 0.348. The highest BCUT2D eigenvalue weighted by Crippen LogP contribution is 2.40. The molecule has 0 saturated carbocycles. The van der Waals surface area contributed by atoms with E-state index in [4.69, 9.17) is 0 Å². The first-order chi connectivity index (χ1) is 11.8. The van der Waals surface area contributed by atoms with Crippen LogP contribution in [0.25, 0.3) is 0 Å². The minimum atomic E-state index is -0.348. The second-order valence-corrected chi connectivity index (χ2v) is 6.31. The summed E-state index contributed by atoms with van der Waals surface area (Å²) in [5.41, 5.74) is 5.35. The lowest BCUT2D eigenvalue weighted by Gasteiger charge is -2.46. The molecule has 0 bridgehead atoms. The highest BCUT2D eigenvalue weighted by Gasteiger charge is 2.37. The summed E-state index contributed by atoms with van der Waals surface area (Å²) in [5.74, 6) is -0.348. The third kappa shape index (κ3) is 2.93. The summed E-state index contributed by atoms with van der Waals surface area (Å²) >= 11 is 0. The molecule has 1 heterocycles. The van der Waals surface area contributed by atoms with Gasteiger partial charge in [-0.25, -0.2) is 0 Å². The lowest BCUT2D eigenvalue weighted by atomic mass is 10.0. The number of nitrogens with zero attached hydrogens (tertiary/aromatic N) is 1. The Hall–Kier alpha value is -1.88. The molecule has 0 amide bonds. The zero-order chi connectivity index (χ0) is 17.0. The molecule has 0 atom stereocenters. The van der Waals surface area contributed by atoms with Crippen molar-refractivity contribution in [2.45, 2.75) is 25.0 Å². The van der Waals surface area contributed by atoms with Gasteiger partial charge >= 0.3 is 0 Å². The molecule has 0 fully saturated rings. The molecule has 1 aliphatic heterocycles. The molecule has 0 aliphatic carbocycles. The zero-order valence-corrected chi connectivity index (χ0v) is 14.9. The van der Waals surface area contributed by atoms with Crippen LogP contribution in [0.3, 0.4) is 0 Å². The number of aryl methyl sites for hydroxylation is 2. The van der Waals surface area contributed by atoms with Crippen LogP contribution < -0.4 is 20.9 Å². The number of anilines is 2. The van der Waals surface area contributed by atoms with Crippen LogP contribution in [0.4, 0.5) is 11.4 Å². The number of hydrogen-bond donors (Lipinski definition) is 3. The predicted octanol–water partition coefficient (Wildman–Crippen LogP) is 2.63. The van der Waals surface area contributed by atoms with Crippen molar-refractivity contribution in [3.05, 3.63) is 59.7 Å². The first-order valence-electron chi connectivity index (χ1n) is 8.74.